The first-order chi connectivity index (χ1) is 14.8. The van der Waals surface area contributed by atoms with E-state index in [1.165, 1.54) is 5.39 Å². The Balaban J connectivity index is 1.31. The second kappa shape index (κ2) is 6.73. The van der Waals surface area contributed by atoms with Gasteiger partial charge in [-0.1, -0.05) is 30.3 Å². The minimum atomic E-state index is 0.361. The highest BCUT2D eigenvalue weighted by Gasteiger charge is 2.27. The lowest BCUT2D eigenvalue weighted by molar-refractivity contribution is 0.486. The summed E-state index contributed by atoms with van der Waals surface area (Å²) in [4.78, 5) is 14.0. The number of anilines is 1. The van der Waals surface area contributed by atoms with Gasteiger partial charge in [0.1, 0.15) is 5.82 Å². The van der Waals surface area contributed by atoms with Crippen LogP contribution in [0.3, 0.4) is 0 Å². The molecule has 1 unspecified atom stereocenters. The van der Waals surface area contributed by atoms with Gasteiger partial charge in [0.2, 0.25) is 5.95 Å². The van der Waals surface area contributed by atoms with Crippen LogP contribution < -0.4 is 4.90 Å². The van der Waals surface area contributed by atoms with E-state index in [0.29, 0.717) is 5.92 Å². The molecule has 7 nitrogen and oxygen atoms in total. The van der Waals surface area contributed by atoms with Crippen LogP contribution >= 0.6 is 0 Å². The number of hydrogen-bond donors (Lipinski definition) is 2. The number of aromatic amines is 2. The molecule has 0 aliphatic carbocycles. The molecular weight excluding hydrogens is 374 g/mol. The van der Waals surface area contributed by atoms with E-state index >= 15 is 0 Å². The number of imidazole rings is 1. The van der Waals surface area contributed by atoms with Gasteiger partial charge in [0.15, 0.2) is 5.82 Å². The minimum absolute atomic E-state index is 0.361. The van der Waals surface area contributed by atoms with Gasteiger partial charge in [-0.3, -0.25) is 4.57 Å². The van der Waals surface area contributed by atoms with Crippen LogP contribution in [0.25, 0.3) is 33.3 Å². The van der Waals surface area contributed by atoms with Crippen molar-refractivity contribution in [2.45, 2.75) is 18.8 Å². The summed E-state index contributed by atoms with van der Waals surface area (Å²) < 4.78 is 2.11. The van der Waals surface area contributed by atoms with Crippen LogP contribution in [-0.4, -0.2) is 42.8 Å². The SMILES string of the molecule is Cn1c(-c2c[nH]c3ccccc23)nnc1N1CCCC(c2nc3ccccc3[nH]2)C1. The molecule has 7 heteroatoms. The summed E-state index contributed by atoms with van der Waals surface area (Å²) in [5.41, 5.74) is 4.33. The lowest BCUT2D eigenvalue weighted by atomic mass is 9.97. The number of aromatic nitrogens is 6. The molecule has 1 aliphatic rings. The second-order valence-electron chi connectivity index (χ2n) is 8.05. The van der Waals surface area contributed by atoms with Gasteiger partial charge in [-0.15, -0.1) is 10.2 Å². The molecule has 0 amide bonds. The van der Waals surface area contributed by atoms with Gasteiger partial charge in [0.25, 0.3) is 0 Å². The fraction of sp³-hybridized carbons (Fsp3) is 0.261. The fourth-order valence-corrected chi connectivity index (χ4v) is 4.64. The molecule has 1 saturated heterocycles. The average molecular weight is 397 g/mol. The fourth-order valence-electron chi connectivity index (χ4n) is 4.64. The van der Waals surface area contributed by atoms with Crippen LogP contribution in [0.1, 0.15) is 24.6 Å². The first-order valence-corrected chi connectivity index (χ1v) is 10.4. The highest BCUT2D eigenvalue weighted by Crippen LogP contribution is 2.32. The zero-order chi connectivity index (χ0) is 20.1. The quantitative estimate of drug-likeness (QED) is 0.478. The molecule has 0 bridgehead atoms. The van der Waals surface area contributed by atoms with Crippen molar-refractivity contribution in [3.05, 3.63) is 60.6 Å². The monoisotopic (exact) mass is 397 g/mol. The molecule has 0 saturated carbocycles. The predicted octanol–water partition coefficient (Wildman–Crippen LogP) is 4.22. The summed E-state index contributed by atoms with van der Waals surface area (Å²) in [5.74, 6) is 3.23. The number of para-hydroxylation sites is 3. The maximum atomic E-state index is 4.84. The normalized spacial score (nSPS) is 17.2. The average Bonchev–Trinajstić information content (AvgIpc) is 3.50. The van der Waals surface area contributed by atoms with E-state index < -0.39 is 0 Å². The Morgan fingerprint density at radius 1 is 1.00 bits per heavy atom. The molecule has 1 fully saturated rings. The van der Waals surface area contributed by atoms with E-state index in [0.717, 1.165) is 65.6 Å². The van der Waals surface area contributed by atoms with Gasteiger partial charge in [0.05, 0.1) is 11.0 Å². The minimum Gasteiger partial charge on any atom is -0.360 e. The highest BCUT2D eigenvalue weighted by molar-refractivity contribution is 5.93. The lowest BCUT2D eigenvalue weighted by Gasteiger charge is -2.32. The molecule has 30 heavy (non-hydrogen) atoms. The molecule has 2 aromatic carbocycles. The van der Waals surface area contributed by atoms with E-state index in [-0.39, 0.29) is 0 Å². The predicted molar refractivity (Wildman–Crippen MR) is 119 cm³/mol. The first kappa shape index (κ1) is 17.3. The van der Waals surface area contributed by atoms with Crippen molar-refractivity contribution < 1.29 is 0 Å². The zero-order valence-electron chi connectivity index (χ0n) is 16.8. The smallest absolute Gasteiger partial charge is 0.227 e. The van der Waals surface area contributed by atoms with E-state index in [4.69, 9.17) is 4.98 Å². The van der Waals surface area contributed by atoms with E-state index in [9.17, 15) is 0 Å². The molecule has 1 atom stereocenters. The third-order valence-electron chi connectivity index (χ3n) is 6.18. The van der Waals surface area contributed by atoms with Gasteiger partial charge in [-0.05, 0) is 31.0 Å². The Hall–Kier alpha value is -3.61. The molecule has 2 N–H and O–H groups in total. The van der Waals surface area contributed by atoms with Crippen LogP contribution in [-0.2, 0) is 7.05 Å². The Kier molecular flexibility index (Phi) is 3.87. The summed E-state index contributed by atoms with van der Waals surface area (Å²) in [5, 5.41) is 10.3. The summed E-state index contributed by atoms with van der Waals surface area (Å²) in [6, 6.07) is 16.5. The number of rotatable bonds is 3. The van der Waals surface area contributed by atoms with Crippen molar-refractivity contribution >= 4 is 27.9 Å². The largest absolute Gasteiger partial charge is 0.360 e. The topological polar surface area (TPSA) is 78.4 Å². The van der Waals surface area contributed by atoms with Crippen molar-refractivity contribution in [1.29, 1.82) is 0 Å². The number of piperidine rings is 1. The van der Waals surface area contributed by atoms with Crippen molar-refractivity contribution in [2.75, 3.05) is 18.0 Å². The number of nitrogens with zero attached hydrogens (tertiary/aromatic N) is 5. The van der Waals surface area contributed by atoms with E-state index in [1.807, 2.05) is 24.4 Å². The molecule has 0 spiro atoms. The zero-order valence-corrected chi connectivity index (χ0v) is 16.8. The van der Waals surface area contributed by atoms with E-state index in [2.05, 4.69) is 67.0 Å². The van der Waals surface area contributed by atoms with Gasteiger partial charge in [-0.2, -0.15) is 0 Å². The Morgan fingerprint density at radius 3 is 2.73 bits per heavy atom. The number of hydrogen-bond acceptors (Lipinski definition) is 4. The summed E-state index contributed by atoms with van der Waals surface area (Å²) >= 11 is 0. The number of fused-ring (bicyclic) bond motifs is 2. The molecule has 5 aromatic rings. The maximum absolute atomic E-state index is 4.84. The summed E-state index contributed by atoms with van der Waals surface area (Å²) in [6.07, 6.45) is 4.26. The Labute approximate surface area is 173 Å². The van der Waals surface area contributed by atoms with Crippen LogP contribution in [0.15, 0.2) is 54.7 Å². The number of benzene rings is 2. The first-order valence-electron chi connectivity index (χ1n) is 10.4. The van der Waals surface area contributed by atoms with Crippen LogP contribution in [0, 0.1) is 0 Å². The standard InChI is InChI=1S/C23H23N7/c1-29-22(17-13-24-18-9-3-2-8-16(17)18)27-28-23(29)30-12-6-7-15(14-30)21-25-19-10-4-5-11-20(19)26-21/h2-5,8-11,13,15,24H,6-7,12,14H2,1H3,(H,25,26). The van der Waals surface area contributed by atoms with Crippen LogP contribution in [0.4, 0.5) is 5.95 Å². The molecule has 0 radical (unpaired) electrons. The molecular formula is C23H23N7. The van der Waals surface area contributed by atoms with Crippen LogP contribution in [0.2, 0.25) is 0 Å². The Morgan fingerprint density at radius 2 is 1.83 bits per heavy atom. The van der Waals surface area contributed by atoms with Gasteiger partial charge >= 0.3 is 0 Å². The molecule has 150 valence electrons. The Bertz CT molecular complexity index is 1310. The van der Waals surface area contributed by atoms with Gasteiger partial charge < -0.3 is 14.9 Å². The summed E-state index contributed by atoms with van der Waals surface area (Å²) in [7, 11) is 2.05. The van der Waals surface area contributed by atoms with Crippen molar-refractivity contribution in [3.8, 4) is 11.4 Å². The molecule has 1 aliphatic heterocycles. The molecule has 4 heterocycles. The van der Waals surface area contributed by atoms with Crippen molar-refractivity contribution in [3.63, 3.8) is 0 Å². The lowest BCUT2D eigenvalue weighted by Crippen LogP contribution is -2.36. The van der Waals surface area contributed by atoms with Gasteiger partial charge in [0, 0.05) is 48.7 Å². The van der Waals surface area contributed by atoms with Crippen molar-refractivity contribution in [2.24, 2.45) is 7.05 Å². The van der Waals surface area contributed by atoms with E-state index in [1.54, 1.807) is 0 Å². The third-order valence-corrected chi connectivity index (χ3v) is 6.18. The summed E-state index contributed by atoms with van der Waals surface area (Å²) in [6.45, 7) is 1.87. The van der Waals surface area contributed by atoms with Crippen LogP contribution in [0.5, 0.6) is 0 Å². The number of H-pyrrole nitrogens is 2. The highest BCUT2D eigenvalue weighted by atomic mass is 15.4. The van der Waals surface area contributed by atoms with Crippen molar-refractivity contribution in [1.82, 2.24) is 29.7 Å². The second-order valence-corrected chi connectivity index (χ2v) is 8.05. The molecule has 6 rings (SSSR count). The third kappa shape index (κ3) is 2.69. The number of nitrogens with one attached hydrogen (secondary N) is 2. The van der Waals surface area contributed by atoms with Gasteiger partial charge in [-0.25, -0.2) is 4.98 Å². The molecule has 3 aromatic heterocycles. The maximum Gasteiger partial charge on any atom is 0.227 e.